The predicted molar refractivity (Wildman–Crippen MR) is 80.3 cm³/mol. The summed E-state index contributed by atoms with van der Waals surface area (Å²) in [4.78, 5) is 14.9. The van der Waals surface area contributed by atoms with Crippen LogP contribution in [0.1, 0.15) is 35.3 Å². The molecular weight excluding hydrogens is 304 g/mol. The molecule has 0 radical (unpaired) electrons. The molecule has 0 aliphatic rings. The van der Waals surface area contributed by atoms with Crippen molar-refractivity contribution in [3.8, 4) is 0 Å². The molecule has 1 aromatic heterocycles. The van der Waals surface area contributed by atoms with E-state index in [1.54, 1.807) is 12.3 Å². The van der Waals surface area contributed by atoms with Crippen molar-refractivity contribution in [3.63, 3.8) is 0 Å². The first-order valence-electron chi connectivity index (χ1n) is 6.37. The van der Waals surface area contributed by atoms with E-state index in [0.29, 0.717) is 18.2 Å². The molecule has 0 saturated heterocycles. The van der Waals surface area contributed by atoms with Gasteiger partial charge in [0.05, 0.1) is 0 Å². The molecule has 0 aliphatic carbocycles. The summed E-state index contributed by atoms with van der Waals surface area (Å²) in [6.45, 7) is 2.78. The minimum Gasteiger partial charge on any atom is -0.356 e. The quantitative estimate of drug-likeness (QED) is 0.866. The lowest BCUT2D eigenvalue weighted by molar-refractivity contribution is 0.0946. The third-order valence-electron chi connectivity index (χ3n) is 3.17. The zero-order valence-electron chi connectivity index (χ0n) is 10.8. The van der Waals surface area contributed by atoms with Gasteiger partial charge in [-0.25, -0.2) is 0 Å². The Labute approximate surface area is 121 Å². The van der Waals surface area contributed by atoms with Crippen LogP contribution in [-0.2, 0) is 0 Å². The first-order chi connectivity index (χ1) is 9.20. The molecule has 2 N–H and O–H groups in total. The van der Waals surface area contributed by atoms with Crippen molar-refractivity contribution < 1.29 is 4.79 Å². The molecule has 0 fully saturated rings. The average Bonchev–Trinajstić information content (AvgIpc) is 2.87. The molecule has 4 heteroatoms. The van der Waals surface area contributed by atoms with Crippen LogP contribution in [-0.4, -0.2) is 17.4 Å². The number of carbonyl (C=O) groups excluding carboxylic acids is 1. The van der Waals surface area contributed by atoms with E-state index in [1.807, 2.05) is 18.2 Å². The molecule has 0 bridgehead atoms. The Morgan fingerprint density at radius 1 is 1.37 bits per heavy atom. The molecule has 100 valence electrons. The molecule has 2 rings (SSSR count). The van der Waals surface area contributed by atoms with Crippen LogP contribution in [0.15, 0.2) is 47.1 Å². The monoisotopic (exact) mass is 320 g/mol. The van der Waals surface area contributed by atoms with Crippen LogP contribution in [0.25, 0.3) is 0 Å². The largest absolute Gasteiger partial charge is 0.356 e. The third kappa shape index (κ3) is 3.70. The maximum Gasteiger partial charge on any atom is 0.267 e. The first-order valence-corrected chi connectivity index (χ1v) is 7.17. The highest BCUT2D eigenvalue weighted by atomic mass is 79.9. The predicted octanol–water partition coefficient (Wildman–Crippen LogP) is 3.70. The molecule has 0 aliphatic heterocycles. The van der Waals surface area contributed by atoms with Crippen molar-refractivity contribution >= 4 is 21.8 Å². The standard InChI is InChI=1S/C15H17BrN2O/c1-2-11(12-6-4-3-5-7-12)9-18-15(19)14-8-13(16)10-17-14/h3-8,10-11,17H,2,9H2,1H3,(H,18,19). The lowest BCUT2D eigenvalue weighted by Gasteiger charge is -2.15. The van der Waals surface area contributed by atoms with E-state index in [2.05, 4.69) is 45.3 Å². The van der Waals surface area contributed by atoms with E-state index in [9.17, 15) is 4.79 Å². The Morgan fingerprint density at radius 2 is 2.11 bits per heavy atom. The van der Waals surface area contributed by atoms with Crippen LogP contribution >= 0.6 is 15.9 Å². The Bertz CT molecular complexity index is 536. The third-order valence-corrected chi connectivity index (χ3v) is 3.62. The number of H-pyrrole nitrogens is 1. The zero-order chi connectivity index (χ0) is 13.7. The van der Waals surface area contributed by atoms with Crippen molar-refractivity contribution in [3.05, 3.63) is 58.3 Å². The summed E-state index contributed by atoms with van der Waals surface area (Å²) in [7, 11) is 0. The van der Waals surface area contributed by atoms with Gasteiger partial charge in [-0.15, -0.1) is 0 Å². The molecule has 1 unspecified atom stereocenters. The maximum absolute atomic E-state index is 11.9. The molecular formula is C15H17BrN2O. The molecule has 3 nitrogen and oxygen atoms in total. The molecule has 0 saturated carbocycles. The second-order valence-corrected chi connectivity index (χ2v) is 5.37. The normalized spacial score (nSPS) is 12.1. The van der Waals surface area contributed by atoms with Gasteiger partial charge in [0.2, 0.25) is 0 Å². The second kappa shape index (κ2) is 6.57. The summed E-state index contributed by atoms with van der Waals surface area (Å²) in [5.41, 5.74) is 1.84. The summed E-state index contributed by atoms with van der Waals surface area (Å²) in [6.07, 6.45) is 2.75. The highest BCUT2D eigenvalue weighted by Crippen LogP contribution is 2.18. The van der Waals surface area contributed by atoms with E-state index < -0.39 is 0 Å². The summed E-state index contributed by atoms with van der Waals surface area (Å²) in [5.74, 6) is 0.281. The van der Waals surface area contributed by atoms with E-state index in [1.165, 1.54) is 5.56 Å². The molecule has 0 spiro atoms. The number of nitrogens with one attached hydrogen (secondary N) is 2. The average molecular weight is 321 g/mol. The van der Waals surface area contributed by atoms with Crippen molar-refractivity contribution in [2.45, 2.75) is 19.3 Å². The number of halogens is 1. The fraction of sp³-hybridized carbons (Fsp3) is 0.267. The second-order valence-electron chi connectivity index (χ2n) is 4.46. The smallest absolute Gasteiger partial charge is 0.267 e. The van der Waals surface area contributed by atoms with Crippen LogP contribution in [0, 0.1) is 0 Å². The number of aromatic amines is 1. The maximum atomic E-state index is 11.9. The van der Waals surface area contributed by atoms with Crippen molar-refractivity contribution in [1.29, 1.82) is 0 Å². The van der Waals surface area contributed by atoms with E-state index >= 15 is 0 Å². The fourth-order valence-electron chi connectivity index (χ4n) is 2.03. The fourth-order valence-corrected chi connectivity index (χ4v) is 2.38. The highest BCUT2D eigenvalue weighted by Gasteiger charge is 2.12. The number of carbonyl (C=O) groups is 1. The van der Waals surface area contributed by atoms with Gasteiger partial charge in [0.15, 0.2) is 0 Å². The zero-order valence-corrected chi connectivity index (χ0v) is 12.4. The molecule has 1 atom stereocenters. The van der Waals surface area contributed by atoms with Crippen LogP contribution in [0.3, 0.4) is 0 Å². The summed E-state index contributed by atoms with van der Waals surface area (Å²) in [6, 6.07) is 12.0. The number of hydrogen-bond donors (Lipinski definition) is 2. The lowest BCUT2D eigenvalue weighted by atomic mass is 9.96. The number of rotatable bonds is 5. The number of hydrogen-bond acceptors (Lipinski definition) is 1. The molecule has 19 heavy (non-hydrogen) atoms. The Kier molecular flexibility index (Phi) is 4.80. The Morgan fingerprint density at radius 3 is 2.68 bits per heavy atom. The number of amides is 1. The van der Waals surface area contributed by atoms with Gasteiger partial charge in [-0.1, -0.05) is 37.3 Å². The number of benzene rings is 1. The Balaban J connectivity index is 1.95. The van der Waals surface area contributed by atoms with E-state index in [4.69, 9.17) is 0 Å². The van der Waals surface area contributed by atoms with Gasteiger partial charge < -0.3 is 10.3 Å². The Hall–Kier alpha value is -1.55. The van der Waals surface area contributed by atoms with E-state index in [0.717, 1.165) is 10.9 Å². The van der Waals surface area contributed by atoms with Crippen molar-refractivity contribution in [2.75, 3.05) is 6.54 Å². The van der Waals surface area contributed by atoms with Crippen LogP contribution in [0.5, 0.6) is 0 Å². The summed E-state index contributed by atoms with van der Waals surface area (Å²) < 4.78 is 0.882. The van der Waals surface area contributed by atoms with Gasteiger partial charge >= 0.3 is 0 Å². The lowest BCUT2D eigenvalue weighted by Crippen LogP contribution is -2.28. The minimum absolute atomic E-state index is 0.0694. The van der Waals surface area contributed by atoms with Crippen LogP contribution in [0.4, 0.5) is 0 Å². The number of aromatic nitrogens is 1. The minimum atomic E-state index is -0.0694. The SMILES string of the molecule is CCC(CNC(=O)c1cc(Br)c[nH]1)c1ccccc1. The first kappa shape index (κ1) is 13.9. The molecule has 2 aromatic rings. The van der Waals surface area contributed by atoms with Gasteiger partial charge in [0.1, 0.15) is 5.69 Å². The van der Waals surface area contributed by atoms with Gasteiger partial charge in [0.25, 0.3) is 5.91 Å². The van der Waals surface area contributed by atoms with Crippen LogP contribution < -0.4 is 5.32 Å². The van der Waals surface area contributed by atoms with Gasteiger partial charge in [-0.05, 0) is 34.0 Å². The van der Waals surface area contributed by atoms with Crippen LogP contribution in [0.2, 0.25) is 0 Å². The van der Waals surface area contributed by atoms with Gasteiger partial charge in [-0.3, -0.25) is 4.79 Å². The van der Waals surface area contributed by atoms with Gasteiger partial charge in [0, 0.05) is 23.1 Å². The summed E-state index contributed by atoms with van der Waals surface area (Å²) in [5, 5.41) is 2.97. The molecule has 1 heterocycles. The molecule has 1 aromatic carbocycles. The summed E-state index contributed by atoms with van der Waals surface area (Å²) >= 11 is 3.32. The van der Waals surface area contributed by atoms with Crippen molar-refractivity contribution in [1.82, 2.24) is 10.3 Å². The van der Waals surface area contributed by atoms with Crippen molar-refractivity contribution in [2.24, 2.45) is 0 Å². The van der Waals surface area contributed by atoms with Gasteiger partial charge in [-0.2, -0.15) is 0 Å². The molecule has 1 amide bonds. The topological polar surface area (TPSA) is 44.9 Å². The highest BCUT2D eigenvalue weighted by molar-refractivity contribution is 9.10. The van der Waals surface area contributed by atoms with E-state index in [-0.39, 0.29) is 5.91 Å².